The number of aliphatic imine (C=N–C) groups is 1. The molecule has 3 aromatic carbocycles. The van der Waals surface area contributed by atoms with Crippen molar-refractivity contribution in [3.63, 3.8) is 0 Å². The van der Waals surface area contributed by atoms with E-state index in [0.29, 0.717) is 36.5 Å². The van der Waals surface area contributed by atoms with Gasteiger partial charge in [0.05, 0.1) is 0 Å². The van der Waals surface area contributed by atoms with E-state index in [1.807, 2.05) is 79.7 Å². The van der Waals surface area contributed by atoms with Crippen molar-refractivity contribution in [2.45, 2.75) is 76.4 Å². The van der Waals surface area contributed by atoms with E-state index in [1.54, 1.807) is 0 Å². The molecular weight excluding hydrogens is 510 g/mol. The maximum Gasteiger partial charge on any atom is 0.315 e. The fourth-order valence-electron chi connectivity index (χ4n) is 6.69. The highest BCUT2D eigenvalue weighted by molar-refractivity contribution is 6.09. The van der Waals surface area contributed by atoms with Gasteiger partial charge in [0.25, 0.3) is 0 Å². The van der Waals surface area contributed by atoms with Crippen molar-refractivity contribution in [2.75, 3.05) is 0 Å². The zero-order chi connectivity index (χ0) is 28.2. The molecule has 1 heterocycles. The van der Waals surface area contributed by atoms with Crippen molar-refractivity contribution in [1.29, 1.82) is 0 Å². The molecule has 0 saturated heterocycles. The number of esters is 1. The summed E-state index contributed by atoms with van der Waals surface area (Å²) in [7, 11) is 0. The quantitative estimate of drug-likeness (QED) is 0.284. The van der Waals surface area contributed by atoms with Crippen LogP contribution in [-0.4, -0.2) is 23.6 Å². The first-order valence-corrected chi connectivity index (χ1v) is 14.9. The van der Waals surface area contributed by atoms with Crippen LogP contribution in [0.5, 0.6) is 5.75 Å². The number of carbonyl (C=O) groups is 2. The molecule has 41 heavy (non-hydrogen) atoms. The largest absolute Gasteiger partial charge is 0.489 e. The van der Waals surface area contributed by atoms with Crippen LogP contribution in [0.2, 0.25) is 0 Å². The molecule has 0 radical (unpaired) electrons. The number of ether oxygens (including phenoxy) is 2. The third-order valence-electron chi connectivity index (χ3n) is 8.74. The highest BCUT2D eigenvalue weighted by atomic mass is 16.5. The Labute approximate surface area is 242 Å². The van der Waals surface area contributed by atoms with Crippen molar-refractivity contribution in [1.82, 2.24) is 0 Å². The van der Waals surface area contributed by atoms with Gasteiger partial charge < -0.3 is 9.47 Å². The predicted molar refractivity (Wildman–Crippen MR) is 160 cm³/mol. The SMILES string of the molecule is CC1=NC2=C(C(=O)C[C@@H](c3ccccc3)C2)[C@@H](c2ccccc2OCc2ccccc2)C1C(=O)OC1CCCCC1. The van der Waals surface area contributed by atoms with Gasteiger partial charge in [0.15, 0.2) is 5.78 Å². The maximum atomic E-state index is 14.0. The van der Waals surface area contributed by atoms with E-state index in [9.17, 15) is 9.59 Å². The molecule has 1 unspecified atom stereocenters. The van der Waals surface area contributed by atoms with Crippen LogP contribution in [0.1, 0.15) is 80.4 Å². The first kappa shape index (κ1) is 27.2. The van der Waals surface area contributed by atoms with Crippen LogP contribution in [0.4, 0.5) is 0 Å². The summed E-state index contributed by atoms with van der Waals surface area (Å²) in [6.07, 6.45) is 6.09. The summed E-state index contributed by atoms with van der Waals surface area (Å²) in [6, 6.07) is 28.0. The standard InChI is InChI=1S/C36H37NO4/c1-24-33(36(39)41-28-17-9-4-10-18-28)34(29-19-11-12-20-32(29)40-23-25-13-5-2-6-14-25)35-30(37-24)21-27(22-31(35)38)26-15-7-3-8-16-26/h2-3,5-8,11-16,19-20,27-28,33-34H,4,9-10,17-18,21-23H2,1H3/t27-,33?,34-/m0/s1. The summed E-state index contributed by atoms with van der Waals surface area (Å²) in [5.74, 6) is -0.671. The Balaban J connectivity index is 1.39. The van der Waals surface area contributed by atoms with Gasteiger partial charge in [-0.2, -0.15) is 0 Å². The van der Waals surface area contributed by atoms with Crippen molar-refractivity contribution in [2.24, 2.45) is 10.9 Å². The highest BCUT2D eigenvalue weighted by Crippen LogP contribution is 2.49. The molecule has 1 aliphatic heterocycles. The number of carbonyl (C=O) groups excluding carboxylic acids is 2. The van der Waals surface area contributed by atoms with Crippen molar-refractivity contribution >= 4 is 17.5 Å². The van der Waals surface area contributed by atoms with Gasteiger partial charge >= 0.3 is 5.97 Å². The monoisotopic (exact) mass is 547 g/mol. The van der Waals surface area contributed by atoms with Gasteiger partial charge in [-0.3, -0.25) is 14.6 Å². The molecule has 210 valence electrons. The van der Waals surface area contributed by atoms with Crippen LogP contribution in [0.15, 0.2) is 101 Å². The number of Topliss-reactive ketones (excluding diaryl/α,β-unsaturated/α-hetero) is 1. The molecule has 0 bridgehead atoms. The summed E-state index contributed by atoms with van der Waals surface area (Å²) in [4.78, 5) is 32.9. The molecule has 3 aromatic rings. The van der Waals surface area contributed by atoms with Crippen LogP contribution in [0, 0.1) is 5.92 Å². The Morgan fingerprint density at radius 2 is 1.54 bits per heavy atom. The molecule has 0 aromatic heterocycles. The van der Waals surface area contributed by atoms with Crippen LogP contribution in [0.25, 0.3) is 0 Å². The predicted octanol–water partition coefficient (Wildman–Crippen LogP) is 7.72. The van der Waals surface area contributed by atoms with Gasteiger partial charge in [-0.25, -0.2) is 0 Å². The summed E-state index contributed by atoms with van der Waals surface area (Å²) in [6.45, 7) is 2.30. The number of hydrogen-bond acceptors (Lipinski definition) is 5. The molecule has 0 spiro atoms. The van der Waals surface area contributed by atoms with Crippen LogP contribution < -0.4 is 4.74 Å². The van der Waals surface area contributed by atoms with Crippen molar-refractivity contribution < 1.29 is 19.1 Å². The lowest BCUT2D eigenvalue weighted by Gasteiger charge is -2.37. The van der Waals surface area contributed by atoms with E-state index in [2.05, 4.69) is 12.1 Å². The molecule has 3 atom stereocenters. The topological polar surface area (TPSA) is 65.0 Å². The number of allylic oxidation sites excluding steroid dienone is 2. The number of rotatable bonds is 7. The highest BCUT2D eigenvalue weighted by Gasteiger charge is 2.46. The Hall–Kier alpha value is -3.99. The molecule has 5 heteroatoms. The minimum Gasteiger partial charge on any atom is -0.489 e. The molecule has 0 N–H and O–H groups in total. The third kappa shape index (κ3) is 5.90. The van der Waals surface area contributed by atoms with Gasteiger partial charge in [-0.05, 0) is 62.1 Å². The Morgan fingerprint density at radius 1 is 0.854 bits per heavy atom. The average Bonchev–Trinajstić information content (AvgIpc) is 3.01. The second-order valence-electron chi connectivity index (χ2n) is 11.5. The second-order valence-corrected chi connectivity index (χ2v) is 11.5. The Bertz CT molecular complexity index is 1450. The summed E-state index contributed by atoms with van der Waals surface area (Å²) in [5, 5.41) is 0. The van der Waals surface area contributed by atoms with Gasteiger partial charge in [0.2, 0.25) is 0 Å². The van der Waals surface area contributed by atoms with E-state index in [-0.39, 0.29) is 23.8 Å². The van der Waals surface area contributed by atoms with Crippen LogP contribution >= 0.6 is 0 Å². The summed E-state index contributed by atoms with van der Waals surface area (Å²) in [5.41, 5.74) is 5.16. The molecule has 2 aliphatic carbocycles. The van der Waals surface area contributed by atoms with Crippen LogP contribution in [-0.2, 0) is 20.9 Å². The van der Waals surface area contributed by atoms with Crippen molar-refractivity contribution in [3.05, 3.63) is 113 Å². The fraction of sp³-hybridized carbons (Fsp3) is 0.361. The number of ketones is 1. The normalized spacial score (nSPS) is 23.0. The molecule has 0 amide bonds. The summed E-state index contributed by atoms with van der Waals surface area (Å²) >= 11 is 0. The molecule has 3 aliphatic rings. The number of hydrogen-bond donors (Lipinski definition) is 0. The van der Waals surface area contributed by atoms with E-state index in [4.69, 9.17) is 14.5 Å². The zero-order valence-electron chi connectivity index (χ0n) is 23.6. The first-order chi connectivity index (χ1) is 20.1. The molecule has 5 nitrogen and oxygen atoms in total. The maximum absolute atomic E-state index is 14.0. The van der Waals surface area contributed by atoms with Crippen molar-refractivity contribution in [3.8, 4) is 5.75 Å². The zero-order valence-corrected chi connectivity index (χ0v) is 23.6. The van der Waals surface area contributed by atoms with Gasteiger partial charge in [-0.1, -0.05) is 85.3 Å². The number of para-hydroxylation sites is 1. The Morgan fingerprint density at radius 3 is 2.29 bits per heavy atom. The number of nitrogens with zero attached hydrogens (tertiary/aromatic N) is 1. The lowest BCUT2D eigenvalue weighted by molar-refractivity contribution is -0.153. The van der Waals surface area contributed by atoms with Gasteiger partial charge in [0.1, 0.15) is 24.4 Å². The number of benzene rings is 3. The minimum atomic E-state index is -0.672. The second kappa shape index (κ2) is 12.3. The molecule has 6 rings (SSSR count). The lowest BCUT2D eigenvalue weighted by atomic mass is 9.69. The lowest BCUT2D eigenvalue weighted by Crippen LogP contribution is -2.39. The molecule has 1 fully saturated rings. The Kier molecular flexibility index (Phi) is 8.13. The summed E-state index contributed by atoms with van der Waals surface area (Å²) < 4.78 is 12.5. The fourth-order valence-corrected chi connectivity index (χ4v) is 6.69. The van der Waals surface area contributed by atoms with E-state index < -0.39 is 11.8 Å². The van der Waals surface area contributed by atoms with E-state index >= 15 is 0 Å². The average molecular weight is 548 g/mol. The van der Waals surface area contributed by atoms with E-state index in [1.165, 1.54) is 6.42 Å². The molecular formula is C36H37NO4. The third-order valence-corrected chi connectivity index (χ3v) is 8.74. The van der Waals surface area contributed by atoms with Gasteiger partial charge in [-0.15, -0.1) is 0 Å². The smallest absolute Gasteiger partial charge is 0.315 e. The first-order valence-electron chi connectivity index (χ1n) is 14.9. The van der Waals surface area contributed by atoms with Crippen LogP contribution in [0.3, 0.4) is 0 Å². The minimum absolute atomic E-state index is 0.0506. The van der Waals surface area contributed by atoms with E-state index in [0.717, 1.165) is 48.1 Å². The van der Waals surface area contributed by atoms with Gasteiger partial charge in [0, 0.05) is 34.9 Å². The molecule has 1 saturated carbocycles.